The predicted octanol–water partition coefficient (Wildman–Crippen LogP) is 3.84. The highest BCUT2D eigenvalue weighted by Gasteiger charge is 2.14. The fourth-order valence-electron chi connectivity index (χ4n) is 2.51. The summed E-state index contributed by atoms with van der Waals surface area (Å²) in [6, 6.07) is 13.6. The first-order valence-corrected chi connectivity index (χ1v) is 9.24. The van der Waals surface area contributed by atoms with E-state index in [1.54, 1.807) is 35.8 Å². The van der Waals surface area contributed by atoms with E-state index in [2.05, 4.69) is 0 Å². The number of likely N-dealkylation sites (N-methyl/N-ethyl adjacent to an activating group) is 1. The number of esters is 1. The van der Waals surface area contributed by atoms with Crippen LogP contribution in [0.25, 0.3) is 0 Å². The van der Waals surface area contributed by atoms with Gasteiger partial charge < -0.3 is 9.64 Å². The fourth-order valence-corrected chi connectivity index (χ4v) is 2.91. The van der Waals surface area contributed by atoms with Crippen LogP contribution < -0.4 is 0 Å². The summed E-state index contributed by atoms with van der Waals surface area (Å²) in [5, 5.41) is 0. The molecule has 0 N–H and O–H groups in total. The van der Waals surface area contributed by atoms with E-state index >= 15 is 0 Å². The molecule has 2 aromatic rings. The molecular formula is C20H23NO3S. The highest BCUT2D eigenvalue weighted by Crippen LogP contribution is 2.15. The number of rotatable bonds is 6. The Labute approximate surface area is 153 Å². The summed E-state index contributed by atoms with van der Waals surface area (Å²) >= 11 is 1.68. The second kappa shape index (κ2) is 8.72. The first-order valence-electron chi connectivity index (χ1n) is 8.01. The van der Waals surface area contributed by atoms with Crippen LogP contribution in [0.5, 0.6) is 0 Å². The van der Waals surface area contributed by atoms with E-state index in [0.717, 1.165) is 16.7 Å². The molecule has 0 atom stereocenters. The minimum absolute atomic E-state index is 0.230. The van der Waals surface area contributed by atoms with Gasteiger partial charge in [-0.3, -0.25) is 4.79 Å². The van der Waals surface area contributed by atoms with Gasteiger partial charge in [-0.25, -0.2) is 4.79 Å². The molecule has 0 saturated heterocycles. The molecule has 0 aliphatic heterocycles. The van der Waals surface area contributed by atoms with Crippen molar-refractivity contribution >= 4 is 23.6 Å². The Morgan fingerprint density at radius 1 is 1.04 bits per heavy atom. The summed E-state index contributed by atoms with van der Waals surface area (Å²) in [7, 11) is 1.70. The van der Waals surface area contributed by atoms with Crippen LogP contribution in [0.3, 0.4) is 0 Å². The molecule has 1 amide bonds. The lowest BCUT2D eigenvalue weighted by atomic mass is 10.1. The molecule has 0 aliphatic carbocycles. The Hall–Kier alpha value is -2.27. The third-order valence-electron chi connectivity index (χ3n) is 3.79. The van der Waals surface area contributed by atoms with Crippen molar-refractivity contribution < 1.29 is 14.3 Å². The van der Waals surface area contributed by atoms with Crippen LogP contribution in [0, 0.1) is 13.8 Å². The van der Waals surface area contributed by atoms with Crippen LogP contribution in [-0.4, -0.2) is 36.7 Å². The van der Waals surface area contributed by atoms with Gasteiger partial charge in [0.25, 0.3) is 5.91 Å². The van der Waals surface area contributed by atoms with Crippen LogP contribution in [0.15, 0.2) is 47.4 Å². The number of carbonyl (C=O) groups is 2. The van der Waals surface area contributed by atoms with Crippen molar-refractivity contribution in [3.05, 3.63) is 64.7 Å². The molecule has 2 aromatic carbocycles. The van der Waals surface area contributed by atoms with Gasteiger partial charge in [0.1, 0.15) is 0 Å². The molecule has 0 spiro atoms. The molecule has 5 heteroatoms. The van der Waals surface area contributed by atoms with E-state index in [1.807, 2.05) is 50.4 Å². The van der Waals surface area contributed by atoms with Gasteiger partial charge in [0.05, 0.1) is 5.56 Å². The average Bonchev–Trinajstić information content (AvgIpc) is 2.59. The molecule has 25 heavy (non-hydrogen) atoms. The van der Waals surface area contributed by atoms with Crippen molar-refractivity contribution in [3.63, 3.8) is 0 Å². The van der Waals surface area contributed by atoms with Gasteiger partial charge in [-0.05, 0) is 49.9 Å². The molecule has 0 radical (unpaired) electrons. The van der Waals surface area contributed by atoms with Gasteiger partial charge in [-0.2, -0.15) is 0 Å². The number of benzene rings is 2. The van der Waals surface area contributed by atoms with Crippen LogP contribution in [0.4, 0.5) is 0 Å². The lowest BCUT2D eigenvalue weighted by Gasteiger charge is -2.17. The van der Waals surface area contributed by atoms with Crippen molar-refractivity contribution in [2.24, 2.45) is 0 Å². The second-order valence-corrected chi connectivity index (χ2v) is 6.93. The molecule has 0 heterocycles. The summed E-state index contributed by atoms with van der Waals surface area (Å²) in [5.41, 5.74) is 3.49. The quantitative estimate of drug-likeness (QED) is 0.582. The molecule has 2 rings (SSSR count). The zero-order chi connectivity index (χ0) is 18.4. The van der Waals surface area contributed by atoms with E-state index in [0.29, 0.717) is 12.1 Å². The topological polar surface area (TPSA) is 46.6 Å². The molecule has 4 nitrogen and oxygen atoms in total. The van der Waals surface area contributed by atoms with Gasteiger partial charge in [-0.1, -0.05) is 29.3 Å². The summed E-state index contributed by atoms with van der Waals surface area (Å²) in [6.07, 6.45) is 2.02. The molecule has 0 saturated carbocycles. The van der Waals surface area contributed by atoms with Crippen molar-refractivity contribution in [1.82, 2.24) is 4.90 Å². The Morgan fingerprint density at radius 2 is 1.64 bits per heavy atom. The number of nitrogens with zero attached hydrogens (tertiary/aromatic N) is 1. The summed E-state index contributed by atoms with van der Waals surface area (Å²) in [6.45, 7) is 4.07. The summed E-state index contributed by atoms with van der Waals surface area (Å²) in [5.74, 6) is -0.704. The van der Waals surface area contributed by atoms with E-state index < -0.39 is 5.97 Å². The molecule has 0 unspecified atom stereocenters. The predicted molar refractivity (Wildman–Crippen MR) is 101 cm³/mol. The largest absolute Gasteiger partial charge is 0.452 e. The number of aryl methyl sites for hydroxylation is 2. The maximum absolute atomic E-state index is 12.2. The molecular weight excluding hydrogens is 334 g/mol. The number of carbonyl (C=O) groups excluding carboxylic acids is 2. The SMILES string of the molecule is CSc1ccc(CN(C)C(=O)COC(=O)c2cc(C)cc(C)c2)cc1. The van der Waals surface area contributed by atoms with Crippen LogP contribution >= 0.6 is 11.8 Å². The fraction of sp³-hybridized carbons (Fsp3) is 0.300. The third kappa shape index (κ3) is 5.64. The highest BCUT2D eigenvalue weighted by molar-refractivity contribution is 7.98. The number of hydrogen-bond donors (Lipinski definition) is 0. The van der Waals surface area contributed by atoms with Crippen LogP contribution in [-0.2, 0) is 16.1 Å². The average molecular weight is 357 g/mol. The minimum Gasteiger partial charge on any atom is -0.452 e. The maximum atomic E-state index is 12.2. The zero-order valence-corrected chi connectivity index (χ0v) is 15.9. The number of thioether (sulfide) groups is 1. The lowest BCUT2D eigenvalue weighted by molar-refractivity contribution is -0.133. The standard InChI is InChI=1S/C20H23NO3S/c1-14-9-15(2)11-17(10-14)20(23)24-13-19(22)21(3)12-16-5-7-18(25-4)8-6-16/h5-11H,12-13H2,1-4H3. The Kier molecular flexibility index (Phi) is 6.65. The monoisotopic (exact) mass is 357 g/mol. The summed E-state index contributed by atoms with van der Waals surface area (Å²) < 4.78 is 5.16. The van der Waals surface area contributed by atoms with Gasteiger partial charge in [0, 0.05) is 18.5 Å². The number of amides is 1. The Morgan fingerprint density at radius 3 is 2.20 bits per heavy atom. The maximum Gasteiger partial charge on any atom is 0.338 e. The number of hydrogen-bond acceptors (Lipinski definition) is 4. The van der Waals surface area contributed by atoms with E-state index in [4.69, 9.17) is 4.74 Å². The molecule has 132 valence electrons. The van der Waals surface area contributed by atoms with E-state index in [1.165, 1.54) is 4.90 Å². The molecule has 0 aromatic heterocycles. The van der Waals surface area contributed by atoms with Crippen LogP contribution in [0.2, 0.25) is 0 Å². The van der Waals surface area contributed by atoms with Gasteiger partial charge in [-0.15, -0.1) is 11.8 Å². The normalized spacial score (nSPS) is 10.4. The van der Waals surface area contributed by atoms with Crippen LogP contribution in [0.1, 0.15) is 27.0 Å². The number of ether oxygens (including phenoxy) is 1. The van der Waals surface area contributed by atoms with Gasteiger partial charge in [0.2, 0.25) is 0 Å². The molecule has 0 fully saturated rings. The molecule has 0 aliphatic rings. The van der Waals surface area contributed by atoms with Gasteiger partial charge in [0.15, 0.2) is 6.61 Å². The van der Waals surface area contributed by atoms with E-state index in [9.17, 15) is 9.59 Å². The smallest absolute Gasteiger partial charge is 0.338 e. The third-order valence-corrected chi connectivity index (χ3v) is 4.53. The first kappa shape index (κ1) is 19.1. The summed E-state index contributed by atoms with van der Waals surface area (Å²) in [4.78, 5) is 27.0. The van der Waals surface area contributed by atoms with Crippen molar-refractivity contribution in [2.45, 2.75) is 25.3 Å². The lowest BCUT2D eigenvalue weighted by Crippen LogP contribution is -2.30. The van der Waals surface area contributed by atoms with Crippen molar-refractivity contribution in [2.75, 3.05) is 19.9 Å². The Balaban J connectivity index is 1.88. The van der Waals surface area contributed by atoms with E-state index in [-0.39, 0.29) is 12.5 Å². The van der Waals surface area contributed by atoms with Crippen molar-refractivity contribution in [3.8, 4) is 0 Å². The van der Waals surface area contributed by atoms with Crippen molar-refractivity contribution in [1.29, 1.82) is 0 Å². The van der Waals surface area contributed by atoms with Gasteiger partial charge >= 0.3 is 5.97 Å². The second-order valence-electron chi connectivity index (χ2n) is 6.05. The highest BCUT2D eigenvalue weighted by atomic mass is 32.2. The minimum atomic E-state index is -0.474. The molecule has 0 bridgehead atoms. The zero-order valence-electron chi connectivity index (χ0n) is 15.0. The Bertz CT molecular complexity index is 736. The first-order chi connectivity index (χ1) is 11.9.